The van der Waals surface area contributed by atoms with Crippen LogP contribution >= 0.6 is 0 Å². The van der Waals surface area contributed by atoms with E-state index in [1.807, 2.05) is 20.8 Å². The summed E-state index contributed by atoms with van der Waals surface area (Å²) < 4.78 is 29.2. The van der Waals surface area contributed by atoms with Gasteiger partial charge in [0, 0.05) is 23.3 Å². The minimum Gasteiger partial charge on any atom is -0.333 e. The van der Waals surface area contributed by atoms with Crippen molar-refractivity contribution in [2.45, 2.75) is 38.3 Å². The van der Waals surface area contributed by atoms with Crippen LogP contribution in [0, 0.1) is 6.92 Å². The van der Waals surface area contributed by atoms with Crippen LogP contribution in [-0.2, 0) is 10.0 Å². The maximum absolute atomic E-state index is 12.4. The van der Waals surface area contributed by atoms with Crippen molar-refractivity contribution in [2.75, 3.05) is 4.72 Å². The van der Waals surface area contributed by atoms with E-state index in [4.69, 9.17) is 0 Å². The summed E-state index contributed by atoms with van der Waals surface area (Å²) in [5, 5.41) is 7.59. The molecule has 0 unspecified atom stereocenters. The summed E-state index contributed by atoms with van der Waals surface area (Å²) >= 11 is 0. The van der Waals surface area contributed by atoms with Gasteiger partial charge < -0.3 is 4.57 Å². The fourth-order valence-electron chi connectivity index (χ4n) is 2.19. The van der Waals surface area contributed by atoms with Gasteiger partial charge in [-0.2, -0.15) is 13.5 Å². The van der Waals surface area contributed by atoms with Gasteiger partial charge in [-0.1, -0.05) is 6.92 Å². The van der Waals surface area contributed by atoms with Crippen LogP contribution in [0.5, 0.6) is 0 Å². The van der Waals surface area contributed by atoms with Crippen LogP contribution in [0.2, 0.25) is 0 Å². The number of anilines is 1. The number of aromatic amines is 1. The second-order valence-electron chi connectivity index (χ2n) is 5.47. The third kappa shape index (κ3) is 2.91. The molecule has 0 aliphatic carbocycles. The molecule has 0 aromatic carbocycles. The van der Waals surface area contributed by atoms with Crippen molar-refractivity contribution in [1.82, 2.24) is 24.7 Å². The van der Waals surface area contributed by atoms with E-state index in [9.17, 15) is 8.42 Å². The molecular weight excluding hydrogens is 316 g/mol. The zero-order valence-electron chi connectivity index (χ0n) is 13.1. The number of nitrogens with one attached hydrogen (secondary N) is 2. The molecule has 1 atom stereocenters. The van der Waals surface area contributed by atoms with Crippen molar-refractivity contribution < 1.29 is 8.42 Å². The Morgan fingerprint density at radius 2 is 2.17 bits per heavy atom. The van der Waals surface area contributed by atoms with Gasteiger partial charge in [0.15, 0.2) is 10.7 Å². The fourth-order valence-corrected chi connectivity index (χ4v) is 3.16. The Bertz CT molecular complexity index is 943. The maximum atomic E-state index is 12.4. The standard InChI is InChI=1S/C14H18N6O2S/c1-4-9(2)20-7-13(16-8-20)23(21,22)19-11-5-12-10(3)17-18-14(12)15-6-11/h5-9,19H,4H2,1-3H3,(H,15,17,18)/t9-/m0/s1. The smallest absolute Gasteiger partial charge is 0.280 e. The number of aromatic nitrogens is 5. The van der Waals surface area contributed by atoms with Gasteiger partial charge in [0.05, 0.1) is 18.2 Å². The Hall–Kier alpha value is -2.42. The van der Waals surface area contributed by atoms with Gasteiger partial charge in [-0.25, -0.2) is 9.97 Å². The molecule has 3 aromatic heterocycles. The largest absolute Gasteiger partial charge is 0.333 e. The normalized spacial score (nSPS) is 13.3. The molecule has 0 saturated heterocycles. The maximum Gasteiger partial charge on any atom is 0.280 e. The molecule has 0 radical (unpaired) electrons. The summed E-state index contributed by atoms with van der Waals surface area (Å²) in [7, 11) is -3.75. The third-order valence-corrected chi connectivity index (χ3v) is 5.07. The number of hydrogen-bond acceptors (Lipinski definition) is 5. The molecule has 8 nitrogen and oxygen atoms in total. The summed E-state index contributed by atoms with van der Waals surface area (Å²) in [6.45, 7) is 5.89. The molecule has 3 rings (SSSR count). The number of H-pyrrole nitrogens is 1. The Morgan fingerprint density at radius 3 is 2.91 bits per heavy atom. The molecule has 0 aliphatic rings. The minimum absolute atomic E-state index is 0.0122. The van der Waals surface area contributed by atoms with E-state index in [1.54, 1.807) is 10.6 Å². The lowest BCUT2D eigenvalue weighted by molar-refractivity contribution is 0.529. The first-order valence-electron chi connectivity index (χ1n) is 7.27. The minimum atomic E-state index is -3.75. The number of hydrogen-bond donors (Lipinski definition) is 2. The number of aryl methyl sites for hydroxylation is 1. The van der Waals surface area contributed by atoms with Crippen molar-refractivity contribution in [3.05, 3.63) is 30.5 Å². The number of fused-ring (bicyclic) bond motifs is 1. The third-order valence-electron chi connectivity index (χ3n) is 3.81. The van der Waals surface area contributed by atoms with Crippen LogP contribution in [0.1, 0.15) is 32.0 Å². The molecule has 0 saturated carbocycles. The van der Waals surface area contributed by atoms with E-state index >= 15 is 0 Å². The Morgan fingerprint density at radius 1 is 1.39 bits per heavy atom. The number of imidazole rings is 1. The fraction of sp³-hybridized carbons (Fsp3) is 0.357. The van der Waals surface area contributed by atoms with E-state index in [-0.39, 0.29) is 11.1 Å². The topological polar surface area (TPSA) is 106 Å². The lowest BCUT2D eigenvalue weighted by atomic mass is 10.3. The molecule has 23 heavy (non-hydrogen) atoms. The zero-order valence-corrected chi connectivity index (χ0v) is 13.9. The van der Waals surface area contributed by atoms with E-state index < -0.39 is 10.0 Å². The molecule has 0 amide bonds. The summed E-state index contributed by atoms with van der Waals surface area (Å²) in [4.78, 5) is 8.13. The monoisotopic (exact) mass is 334 g/mol. The molecule has 2 N–H and O–H groups in total. The second-order valence-corrected chi connectivity index (χ2v) is 7.09. The zero-order chi connectivity index (χ0) is 16.6. The van der Waals surface area contributed by atoms with E-state index in [0.29, 0.717) is 11.3 Å². The average molecular weight is 334 g/mol. The molecule has 0 spiro atoms. The molecule has 122 valence electrons. The Labute approximate surface area is 134 Å². The van der Waals surface area contributed by atoms with Gasteiger partial charge in [-0.3, -0.25) is 9.82 Å². The molecule has 3 heterocycles. The van der Waals surface area contributed by atoms with Crippen LogP contribution in [0.3, 0.4) is 0 Å². The predicted molar refractivity (Wildman–Crippen MR) is 86.7 cm³/mol. The summed E-state index contributed by atoms with van der Waals surface area (Å²) in [6, 6.07) is 1.89. The summed E-state index contributed by atoms with van der Waals surface area (Å²) in [6.07, 6.45) is 5.39. The predicted octanol–water partition coefficient (Wildman–Crippen LogP) is 2.23. The Balaban J connectivity index is 1.90. The van der Waals surface area contributed by atoms with E-state index in [2.05, 4.69) is 24.9 Å². The number of rotatable bonds is 5. The van der Waals surface area contributed by atoms with Gasteiger partial charge >= 0.3 is 0 Å². The Kier molecular flexibility index (Phi) is 3.80. The van der Waals surface area contributed by atoms with Gasteiger partial charge in [-0.05, 0) is 26.3 Å². The first-order valence-corrected chi connectivity index (χ1v) is 8.76. The first kappa shape index (κ1) is 15.5. The van der Waals surface area contributed by atoms with Gasteiger partial charge in [0.1, 0.15) is 0 Å². The molecule has 0 bridgehead atoms. The van der Waals surface area contributed by atoms with Crippen molar-refractivity contribution >= 4 is 26.7 Å². The highest BCUT2D eigenvalue weighted by Crippen LogP contribution is 2.21. The highest BCUT2D eigenvalue weighted by atomic mass is 32.2. The molecule has 0 fully saturated rings. The van der Waals surface area contributed by atoms with Crippen LogP contribution in [0.15, 0.2) is 29.8 Å². The summed E-state index contributed by atoms with van der Waals surface area (Å²) in [5.74, 6) is 0. The highest BCUT2D eigenvalue weighted by molar-refractivity contribution is 7.92. The number of pyridine rings is 1. The van der Waals surface area contributed by atoms with Crippen LogP contribution in [0.4, 0.5) is 5.69 Å². The summed E-state index contributed by atoms with van der Waals surface area (Å²) in [5.41, 5.74) is 1.75. The van der Waals surface area contributed by atoms with Crippen molar-refractivity contribution in [3.63, 3.8) is 0 Å². The lowest BCUT2D eigenvalue weighted by Gasteiger charge is -2.09. The van der Waals surface area contributed by atoms with Crippen LogP contribution in [0.25, 0.3) is 11.0 Å². The molecule has 9 heteroatoms. The van der Waals surface area contributed by atoms with Crippen molar-refractivity contribution in [1.29, 1.82) is 0 Å². The average Bonchev–Trinajstić information content (AvgIpc) is 3.14. The SMILES string of the molecule is CC[C@H](C)n1cnc(S(=O)(=O)Nc2cnc3n[nH]c(C)c3c2)c1. The lowest BCUT2D eigenvalue weighted by Crippen LogP contribution is -2.13. The van der Waals surface area contributed by atoms with E-state index in [1.165, 1.54) is 18.7 Å². The van der Waals surface area contributed by atoms with Gasteiger partial charge in [0.2, 0.25) is 0 Å². The van der Waals surface area contributed by atoms with Gasteiger partial charge in [0.25, 0.3) is 10.0 Å². The van der Waals surface area contributed by atoms with Crippen molar-refractivity contribution in [3.8, 4) is 0 Å². The number of nitrogens with zero attached hydrogens (tertiary/aromatic N) is 4. The van der Waals surface area contributed by atoms with Crippen LogP contribution in [-0.4, -0.2) is 33.2 Å². The number of sulfonamides is 1. The molecule has 0 aliphatic heterocycles. The van der Waals surface area contributed by atoms with E-state index in [0.717, 1.165) is 17.5 Å². The highest BCUT2D eigenvalue weighted by Gasteiger charge is 2.19. The van der Waals surface area contributed by atoms with Crippen molar-refractivity contribution in [2.24, 2.45) is 0 Å². The second kappa shape index (κ2) is 5.65. The first-order chi connectivity index (χ1) is 10.9. The van der Waals surface area contributed by atoms with Gasteiger partial charge in [-0.15, -0.1) is 0 Å². The van der Waals surface area contributed by atoms with Crippen LogP contribution < -0.4 is 4.72 Å². The molecule has 3 aromatic rings. The quantitative estimate of drug-likeness (QED) is 0.744. The molecular formula is C14H18N6O2S.